The Morgan fingerprint density at radius 1 is 0.690 bits per heavy atom. The van der Waals surface area contributed by atoms with Gasteiger partial charge in [-0.25, -0.2) is 31.1 Å². The monoisotopic (exact) mass is 1550 g/mol. The second kappa shape index (κ2) is 29.9. The Bertz CT molecular complexity index is 4000. The number of amides is 2. The first-order valence-electron chi connectivity index (χ1n) is 28.0. The van der Waals surface area contributed by atoms with Crippen molar-refractivity contribution in [1.29, 1.82) is 0 Å². The minimum Gasteiger partial charge on any atom is -0.508 e. The lowest BCUT2D eigenvalue weighted by Crippen LogP contribution is -2.70. The highest BCUT2D eigenvalue weighted by atomic mass is 32.3. The number of aromatic hydroxyl groups is 1. The zero-order valence-corrected chi connectivity index (χ0v) is 54.7. The van der Waals surface area contributed by atoms with Crippen molar-refractivity contribution in [2.45, 2.75) is 154 Å². The molecule has 3 aliphatic carbocycles. The van der Waals surface area contributed by atoms with E-state index in [4.69, 9.17) is 43.4 Å². The van der Waals surface area contributed by atoms with Crippen LogP contribution in [0.4, 0.5) is 4.79 Å². The molecule has 23 atom stereocenters. The summed E-state index contributed by atoms with van der Waals surface area (Å²) in [6.07, 6.45) is -45.0. The smallest absolute Gasteiger partial charge is 0.405 e. The predicted molar refractivity (Wildman–Crippen MR) is 305 cm³/mol. The maximum Gasteiger partial charge on any atom is 0.405 e. The number of nitrogens with two attached hydrogens (primary N) is 1. The van der Waals surface area contributed by atoms with Gasteiger partial charge in [-0.15, -0.1) is 0 Å². The van der Waals surface area contributed by atoms with Gasteiger partial charge >= 0.3 is 69.9 Å². The first-order valence-corrected chi connectivity index (χ1v) is 34.9. The van der Waals surface area contributed by atoms with E-state index in [1.807, 2.05) is 0 Å². The van der Waals surface area contributed by atoms with Crippen LogP contribution in [0.2, 0.25) is 0 Å². The van der Waals surface area contributed by atoms with Crippen LogP contribution in [0.25, 0.3) is 5.76 Å². The van der Waals surface area contributed by atoms with E-state index in [9.17, 15) is 150 Å². The van der Waals surface area contributed by atoms with Gasteiger partial charge in [0.15, 0.2) is 54.9 Å². The molecule has 53 heteroatoms. The number of rotatable bonds is 23. The topological polar surface area (TPSA) is 772 Å². The Hall–Kier alpha value is -6.09. The number of carboxylic acids is 2. The van der Waals surface area contributed by atoms with Gasteiger partial charge in [-0.1, -0.05) is 12.1 Å². The number of Topliss-reactive ketones (excluding diaryl/α,β-unsaturated/α-hetero) is 2. The van der Waals surface area contributed by atoms with E-state index in [1.165, 1.54) is 48.8 Å². The number of aliphatic carboxylic acids is 2. The van der Waals surface area contributed by atoms with Gasteiger partial charge in [-0.3, -0.25) is 42.0 Å². The standard InChI is InChI=1S/C25H40N2O36S5.C22H24N2O8/c28-3-7-14(58-22-6(61-66(44,45)46)2-1-5(55-22)19(31)32)15(62-67(47,48)49)10(27-64(38,39)40)23(56-7)59-16-12(30)17(63-68(50,51)52)24(60-18(16)20(33)34)57-13-8(4-53-65(41,42)43)54-21(35)9(11(13)29)26-25(36)37;1-21(31)8-5-4-6-11(25)12(8)16(26)13-9(21)7-10-15(24(2)3)17(27)14(20(23)30)19(29)22(10,32)18(13)28/h5-18,21-24,26-30,35H,1-4H2,(H,31,32)(H,33,34)(H,36,37)(H,38,39,40)(H,41,42,43)(H,44,45,46)(H,47,48,49)(H,50,51,52);4-6,9-10,15,25-26,29,31-32H,7H2,1-3H3,(H2,23,30)/t;9-,10-,15-,21+,22-/m.0/s1. The fraction of sp³-hybridized carbons (Fsp3) is 0.660. The maximum absolute atomic E-state index is 13.7. The first-order chi connectivity index (χ1) is 45.7. The van der Waals surface area contributed by atoms with Crippen LogP contribution in [-0.4, -0.2) is 316 Å². The van der Waals surface area contributed by atoms with Gasteiger partial charge in [-0.05, 0) is 51.9 Å². The zero-order chi connectivity index (χ0) is 75.6. The van der Waals surface area contributed by atoms with Crippen molar-refractivity contribution < 1.29 is 205 Å². The molecule has 0 bridgehead atoms. The van der Waals surface area contributed by atoms with Gasteiger partial charge in [0.2, 0.25) is 5.78 Å². The predicted octanol–water partition coefficient (Wildman–Crippen LogP) is -8.89. The molecule has 5 fully saturated rings. The Labute approximate surface area is 561 Å². The molecule has 100 heavy (non-hydrogen) atoms. The number of nitrogens with one attached hydrogen (secondary N) is 2. The highest BCUT2D eigenvalue weighted by Crippen LogP contribution is 2.57. The number of aliphatic hydroxyl groups excluding tert-OH is 6. The van der Waals surface area contributed by atoms with E-state index in [1.54, 1.807) is 5.32 Å². The van der Waals surface area contributed by atoms with E-state index in [0.29, 0.717) is 0 Å². The third kappa shape index (κ3) is 17.7. The largest absolute Gasteiger partial charge is 0.508 e. The zero-order valence-electron chi connectivity index (χ0n) is 50.6. The highest BCUT2D eigenvalue weighted by molar-refractivity contribution is 7.83. The normalized spacial score (nSPS) is 36.7. The van der Waals surface area contributed by atoms with Gasteiger partial charge in [-0.2, -0.15) is 46.8 Å². The SMILES string of the molecule is CN(C)[C@@H]1C(=O)C(C(N)=O)=C(O)[C@@]2(O)C(=O)C3=C(O)c4c(O)cccc4[C@@](C)(O)[C@H]3C[C@@H]12.O=C(O)NC1C(O)OC(COS(=O)(=O)O)C(OC2OC(C(=O)O)C(OC3OC(CO)C(OC4OC(C(=O)O)CCC4OS(=O)(=O)O)C(OS(=O)(=O)O)C3NS(=O)(=O)O)C(O)C2OS(=O)(=O)O)C1O. The third-order valence-corrected chi connectivity index (χ3v) is 18.9. The number of phenolic OH excluding ortho intramolecular Hbond substituents is 1. The lowest BCUT2D eigenvalue weighted by molar-refractivity contribution is -0.363. The van der Waals surface area contributed by atoms with Gasteiger partial charge in [0.05, 0.1) is 30.4 Å². The van der Waals surface area contributed by atoms with Crippen LogP contribution in [0.15, 0.2) is 35.1 Å². The van der Waals surface area contributed by atoms with Gasteiger partial charge < -0.3 is 105 Å². The number of likely N-dealkylation sites (N-methyl/N-ethyl adjacent to an activating group) is 1. The molecule has 566 valence electrons. The maximum atomic E-state index is 13.7. The highest BCUT2D eigenvalue weighted by Gasteiger charge is 2.67. The summed E-state index contributed by atoms with van der Waals surface area (Å²) in [6, 6.07) is -2.06. The number of carboxylic acid groups (broad SMARTS) is 3. The summed E-state index contributed by atoms with van der Waals surface area (Å²) in [7, 11) is -25.7. The molecule has 1 saturated carbocycles. The van der Waals surface area contributed by atoms with Crippen molar-refractivity contribution >= 4 is 93.2 Å². The summed E-state index contributed by atoms with van der Waals surface area (Å²) in [5, 5.41) is 129. The number of phenols is 1. The van der Waals surface area contributed by atoms with Crippen LogP contribution in [0.1, 0.15) is 37.3 Å². The lowest BCUT2D eigenvalue weighted by Gasteiger charge is -2.53. The van der Waals surface area contributed by atoms with Crippen LogP contribution in [0.5, 0.6) is 5.75 Å². The molecule has 18 unspecified atom stereocenters. The van der Waals surface area contributed by atoms with Crippen LogP contribution in [0, 0.1) is 11.8 Å². The Kier molecular flexibility index (Phi) is 24.3. The molecule has 1 aromatic carbocycles. The molecule has 4 aliphatic heterocycles. The Morgan fingerprint density at radius 3 is 1.79 bits per heavy atom. The summed E-state index contributed by atoms with van der Waals surface area (Å²) in [5.74, 6) is -12.0. The van der Waals surface area contributed by atoms with Crippen molar-refractivity contribution in [3.63, 3.8) is 0 Å². The molecule has 2 amide bonds. The molecule has 4 saturated heterocycles. The number of ketones is 2. The number of nitrogens with zero attached hydrogens (tertiary/aromatic N) is 1. The van der Waals surface area contributed by atoms with E-state index in [2.05, 4.69) is 16.7 Å². The van der Waals surface area contributed by atoms with E-state index < -0.39 is 281 Å². The van der Waals surface area contributed by atoms with Gasteiger partial charge in [0, 0.05) is 17.4 Å². The Morgan fingerprint density at radius 2 is 1.27 bits per heavy atom. The molecule has 21 N–H and O–H groups in total. The van der Waals surface area contributed by atoms with E-state index >= 15 is 0 Å². The second-order valence-electron chi connectivity index (χ2n) is 23.1. The lowest BCUT2D eigenvalue weighted by atomic mass is 9.54. The third-order valence-electron chi connectivity index (χ3n) is 16.4. The summed E-state index contributed by atoms with van der Waals surface area (Å²) in [6.45, 7) is -1.61. The van der Waals surface area contributed by atoms with Crippen molar-refractivity contribution in [2.24, 2.45) is 17.6 Å². The van der Waals surface area contributed by atoms with Crippen LogP contribution >= 0.6 is 0 Å². The second-order valence-corrected chi connectivity index (χ2v) is 28.5. The van der Waals surface area contributed by atoms with Crippen molar-refractivity contribution in [2.75, 3.05) is 27.3 Å². The molecule has 0 aromatic heterocycles. The van der Waals surface area contributed by atoms with E-state index in [0.717, 1.165) is 0 Å². The van der Waals surface area contributed by atoms with Crippen LogP contribution < -0.4 is 15.8 Å². The molecule has 48 nitrogen and oxygen atoms in total. The number of ether oxygens (including phenoxy) is 7. The average Bonchev–Trinajstić information content (AvgIpc) is 0.689. The van der Waals surface area contributed by atoms with Crippen molar-refractivity contribution in [1.82, 2.24) is 14.9 Å². The number of benzene rings is 1. The molecule has 0 spiro atoms. The number of carbonyl (C=O) groups is 6. The molecular formula is C47H64N4O44S5. The first kappa shape index (κ1) is 81.2. The Balaban J connectivity index is 0.000000362. The molecule has 8 rings (SSSR count). The molecule has 7 aliphatic rings. The van der Waals surface area contributed by atoms with Crippen molar-refractivity contribution in [3.05, 3.63) is 46.2 Å². The van der Waals surface area contributed by atoms with Crippen molar-refractivity contribution in [3.8, 4) is 5.75 Å². The summed E-state index contributed by atoms with van der Waals surface area (Å²) >= 11 is 0. The average molecular weight is 1550 g/mol. The van der Waals surface area contributed by atoms with E-state index in [-0.39, 0.29) is 17.5 Å². The van der Waals surface area contributed by atoms with Crippen LogP contribution in [-0.2, 0) is 131 Å². The minimum atomic E-state index is -5.99. The molecule has 1 aromatic rings. The number of primary amides is 1. The number of hydrogen-bond donors (Lipinski definition) is 20. The van der Waals surface area contributed by atoms with Gasteiger partial charge in [0.25, 0.3) is 5.91 Å². The summed E-state index contributed by atoms with van der Waals surface area (Å²) < 4.78 is 222. The quantitative estimate of drug-likeness (QED) is 0.0357. The fourth-order valence-electron chi connectivity index (χ4n) is 12.4. The molecular weight excluding hydrogens is 1480 g/mol. The van der Waals surface area contributed by atoms with Gasteiger partial charge in [0.1, 0.15) is 89.9 Å². The number of fused-ring (bicyclic) bond motifs is 3. The fourth-order valence-corrected chi connectivity index (χ4v) is 14.8. The number of carbonyl (C=O) groups excluding carboxylic acids is 3. The minimum absolute atomic E-state index is 0.170. The number of aliphatic hydroxyl groups is 8. The number of hydrogen-bond acceptors (Lipinski definition) is 37. The molecule has 4 heterocycles. The summed E-state index contributed by atoms with van der Waals surface area (Å²) in [4.78, 5) is 75.8. The molecule has 0 radical (unpaired) electrons. The summed E-state index contributed by atoms with van der Waals surface area (Å²) in [5.41, 5.74) is -0.548. The van der Waals surface area contributed by atoms with Crippen LogP contribution in [0.3, 0.4) is 0 Å².